The number of carbonyl (C=O) groups is 2. The number of rotatable bonds is 3. The van der Waals surface area contributed by atoms with Crippen LogP contribution in [-0.2, 0) is 4.79 Å². The molecule has 5 nitrogen and oxygen atoms in total. The van der Waals surface area contributed by atoms with E-state index in [1.807, 2.05) is 0 Å². The molecule has 1 amide bonds. The number of nitrogens with zero attached hydrogens (tertiary/aromatic N) is 1. The maximum Gasteiger partial charge on any atom is 0.326 e. The van der Waals surface area contributed by atoms with Crippen LogP contribution in [0.4, 0.5) is 0 Å². The van der Waals surface area contributed by atoms with Gasteiger partial charge in [-0.15, -0.1) is 0 Å². The van der Waals surface area contributed by atoms with Crippen LogP contribution in [0.1, 0.15) is 31.1 Å². The van der Waals surface area contributed by atoms with Crippen molar-refractivity contribution in [2.75, 3.05) is 0 Å². The average molecular weight is 305 g/mol. The minimum Gasteiger partial charge on any atom is -0.480 e. The van der Waals surface area contributed by atoms with E-state index in [1.165, 1.54) is 12.1 Å². The van der Waals surface area contributed by atoms with Crippen LogP contribution in [0.25, 0.3) is 0 Å². The number of carboxylic acid groups (broad SMARTS) is 1. The lowest BCUT2D eigenvalue weighted by molar-refractivity contribution is -0.142. The van der Waals surface area contributed by atoms with E-state index in [0.29, 0.717) is 0 Å². The van der Waals surface area contributed by atoms with E-state index in [2.05, 4.69) is 10.3 Å². The summed E-state index contributed by atoms with van der Waals surface area (Å²) in [6.07, 6.45) is 0. The van der Waals surface area contributed by atoms with Crippen molar-refractivity contribution in [3.8, 4) is 0 Å². The van der Waals surface area contributed by atoms with E-state index < -0.39 is 23.3 Å². The normalized spacial score (nSPS) is 12.9. The first kappa shape index (κ1) is 15.7. The fraction of sp³-hybridized carbons (Fsp3) is 0.417. The van der Waals surface area contributed by atoms with Crippen molar-refractivity contribution in [2.45, 2.75) is 26.8 Å². The zero-order chi connectivity index (χ0) is 14.8. The van der Waals surface area contributed by atoms with Gasteiger partial charge in [0, 0.05) is 0 Å². The molecular formula is C12H14Cl2N2O3. The zero-order valence-corrected chi connectivity index (χ0v) is 12.2. The van der Waals surface area contributed by atoms with Crippen LogP contribution in [0.2, 0.25) is 10.3 Å². The summed E-state index contributed by atoms with van der Waals surface area (Å²) in [6.45, 7) is 5.15. The molecule has 0 aliphatic heterocycles. The molecule has 0 saturated heterocycles. The Labute approximate surface area is 120 Å². The van der Waals surface area contributed by atoms with Gasteiger partial charge in [-0.1, -0.05) is 44.0 Å². The lowest BCUT2D eigenvalue weighted by atomic mass is 9.86. The number of amides is 1. The van der Waals surface area contributed by atoms with Crippen LogP contribution in [0.3, 0.4) is 0 Å². The van der Waals surface area contributed by atoms with Gasteiger partial charge in [-0.05, 0) is 17.5 Å². The van der Waals surface area contributed by atoms with E-state index in [9.17, 15) is 9.59 Å². The quantitative estimate of drug-likeness (QED) is 0.841. The number of nitrogens with one attached hydrogen (secondary N) is 1. The van der Waals surface area contributed by atoms with Gasteiger partial charge in [0.1, 0.15) is 16.3 Å². The summed E-state index contributed by atoms with van der Waals surface area (Å²) < 4.78 is 0. The largest absolute Gasteiger partial charge is 0.480 e. The molecule has 104 valence electrons. The third-order valence-corrected chi connectivity index (χ3v) is 2.95. The molecular weight excluding hydrogens is 291 g/mol. The van der Waals surface area contributed by atoms with Gasteiger partial charge in [0.25, 0.3) is 5.91 Å². The highest BCUT2D eigenvalue weighted by Gasteiger charge is 2.33. The topological polar surface area (TPSA) is 79.3 Å². The van der Waals surface area contributed by atoms with Crippen molar-refractivity contribution < 1.29 is 14.7 Å². The van der Waals surface area contributed by atoms with Crippen molar-refractivity contribution >= 4 is 35.1 Å². The molecule has 0 fully saturated rings. The van der Waals surface area contributed by atoms with Crippen molar-refractivity contribution in [2.24, 2.45) is 5.41 Å². The molecule has 1 atom stereocenters. The van der Waals surface area contributed by atoms with Gasteiger partial charge < -0.3 is 10.4 Å². The fourth-order valence-electron chi connectivity index (χ4n) is 1.44. The predicted molar refractivity (Wildman–Crippen MR) is 72.6 cm³/mol. The molecule has 7 heteroatoms. The lowest BCUT2D eigenvalue weighted by Crippen LogP contribution is -2.49. The summed E-state index contributed by atoms with van der Waals surface area (Å²) in [5.74, 6) is -1.71. The third kappa shape index (κ3) is 4.08. The zero-order valence-electron chi connectivity index (χ0n) is 10.7. The van der Waals surface area contributed by atoms with Crippen LogP contribution in [0, 0.1) is 5.41 Å². The van der Waals surface area contributed by atoms with E-state index in [1.54, 1.807) is 20.8 Å². The Morgan fingerprint density at radius 2 is 1.89 bits per heavy atom. The van der Waals surface area contributed by atoms with E-state index in [0.717, 1.165) is 0 Å². The monoisotopic (exact) mass is 304 g/mol. The smallest absolute Gasteiger partial charge is 0.326 e. The molecule has 1 rings (SSSR count). The van der Waals surface area contributed by atoms with Gasteiger partial charge in [-0.25, -0.2) is 9.78 Å². The molecule has 0 aromatic carbocycles. The van der Waals surface area contributed by atoms with Crippen LogP contribution in [0.15, 0.2) is 12.1 Å². The van der Waals surface area contributed by atoms with Crippen LogP contribution < -0.4 is 5.32 Å². The van der Waals surface area contributed by atoms with E-state index in [4.69, 9.17) is 28.3 Å². The third-order valence-electron chi connectivity index (χ3n) is 2.45. The summed E-state index contributed by atoms with van der Waals surface area (Å²) >= 11 is 11.4. The Bertz CT molecular complexity index is 512. The Balaban J connectivity index is 2.98. The number of hydrogen-bond donors (Lipinski definition) is 2. The maximum atomic E-state index is 12.0. The molecule has 1 heterocycles. The molecule has 0 aliphatic carbocycles. The molecule has 2 N–H and O–H groups in total. The van der Waals surface area contributed by atoms with Crippen molar-refractivity contribution in [1.29, 1.82) is 0 Å². The first-order valence-corrected chi connectivity index (χ1v) is 6.24. The highest BCUT2D eigenvalue weighted by molar-refractivity contribution is 6.34. The SMILES string of the molecule is CC(C)(C)[C@@H](NC(=O)c1ccc(Cl)nc1Cl)C(=O)O. The summed E-state index contributed by atoms with van der Waals surface area (Å²) in [5, 5.41) is 11.7. The predicted octanol–water partition coefficient (Wildman–Crippen LogP) is 2.62. The maximum absolute atomic E-state index is 12.0. The summed E-state index contributed by atoms with van der Waals surface area (Å²) in [5.41, 5.74) is -0.546. The summed E-state index contributed by atoms with van der Waals surface area (Å²) in [7, 11) is 0. The second-order valence-electron chi connectivity index (χ2n) is 5.08. The summed E-state index contributed by atoms with van der Waals surface area (Å²) in [6, 6.07) is 1.77. The second kappa shape index (κ2) is 5.75. The summed E-state index contributed by atoms with van der Waals surface area (Å²) in [4.78, 5) is 26.9. The first-order valence-electron chi connectivity index (χ1n) is 5.48. The molecule has 0 aliphatic rings. The van der Waals surface area contributed by atoms with Gasteiger partial charge in [0.15, 0.2) is 0 Å². The number of halogens is 2. The molecule has 1 aromatic rings. The number of carboxylic acids is 1. The van der Waals surface area contributed by atoms with Gasteiger partial charge in [0.2, 0.25) is 0 Å². The number of aliphatic carboxylic acids is 1. The lowest BCUT2D eigenvalue weighted by Gasteiger charge is -2.27. The minimum absolute atomic E-state index is 0.0666. The van der Waals surface area contributed by atoms with Crippen molar-refractivity contribution in [3.05, 3.63) is 28.0 Å². The highest BCUT2D eigenvalue weighted by atomic mass is 35.5. The van der Waals surface area contributed by atoms with Gasteiger partial charge in [-0.3, -0.25) is 4.79 Å². The molecule has 19 heavy (non-hydrogen) atoms. The first-order chi connectivity index (χ1) is 8.62. The molecule has 0 radical (unpaired) electrons. The Hall–Kier alpha value is -1.33. The second-order valence-corrected chi connectivity index (χ2v) is 5.83. The minimum atomic E-state index is -1.11. The van der Waals surface area contributed by atoms with Gasteiger partial charge >= 0.3 is 5.97 Å². The number of carbonyl (C=O) groups excluding carboxylic acids is 1. The van der Waals surface area contributed by atoms with E-state index in [-0.39, 0.29) is 15.9 Å². The Morgan fingerprint density at radius 1 is 1.32 bits per heavy atom. The van der Waals surface area contributed by atoms with Crippen molar-refractivity contribution in [1.82, 2.24) is 10.3 Å². The van der Waals surface area contributed by atoms with Gasteiger partial charge in [0.05, 0.1) is 5.56 Å². The Morgan fingerprint density at radius 3 is 2.32 bits per heavy atom. The van der Waals surface area contributed by atoms with E-state index >= 15 is 0 Å². The molecule has 0 bridgehead atoms. The van der Waals surface area contributed by atoms with Gasteiger partial charge in [-0.2, -0.15) is 0 Å². The van der Waals surface area contributed by atoms with Crippen LogP contribution in [-0.4, -0.2) is 28.0 Å². The number of hydrogen-bond acceptors (Lipinski definition) is 3. The average Bonchev–Trinajstić information content (AvgIpc) is 2.23. The van der Waals surface area contributed by atoms with Crippen molar-refractivity contribution in [3.63, 3.8) is 0 Å². The fourth-order valence-corrected chi connectivity index (χ4v) is 1.87. The van der Waals surface area contributed by atoms with Crippen LogP contribution in [0.5, 0.6) is 0 Å². The molecule has 0 unspecified atom stereocenters. The number of pyridine rings is 1. The molecule has 0 saturated carbocycles. The standard InChI is InChI=1S/C12H14Cl2N2O3/c1-12(2,3)8(11(18)19)16-10(17)6-4-5-7(13)15-9(6)14/h4-5,8H,1-3H3,(H,16,17)(H,18,19)/t8-/m0/s1. The molecule has 1 aromatic heterocycles. The van der Waals surface area contributed by atoms with Crippen LogP contribution >= 0.6 is 23.2 Å². The molecule has 0 spiro atoms. The highest BCUT2D eigenvalue weighted by Crippen LogP contribution is 2.21. The number of aromatic nitrogens is 1. The Kier molecular flexibility index (Phi) is 4.76.